The summed E-state index contributed by atoms with van der Waals surface area (Å²) in [5.41, 5.74) is -1.23. The number of hydrogen-bond acceptors (Lipinski definition) is 9. The molecule has 1 aliphatic heterocycles. The number of carbonyl (C=O) groups excluding carboxylic acids is 6. The fourth-order valence-corrected chi connectivity index (χ4v) is 6.51. The number of phenols is 1. The van der Waals surface area contributed by atoms with Crippen molar-refractivity contribution < 1.29 is 38.3 Å². The number of nitrogens with one attached hydrogen (secondary N) is 5. The van der Waals surface area contributed by atoms with Gasteiger partial charge in [0.05, 0.1) is 12.1 Å². The minimum absolute atomic E-state index is 0.00660. The number of hydrogen-bond donors (Lipinski definition) is 6. The summed E-state index contributed by atoms with van der Waals surface area (Å²) < 4.78 is 5.38. The van der Waals surface area contributed by atoms with Crippen molar-refractivity contribution in [1.82, 2.24) is 26.6 Å². The van der Waals surface area contributed by atoms with Gasteiger partial charge in [-0.1, -0.05) is 71.9 Å². The van der Waals surface area contributed by atoms with E-state index in [0.29, 0.717) is 16.5 Å². The molecule has 4 atom stereocenters. The normalized spacial score (nSPS) is 17.5. The molecule has 0 radical (unpaired) electrons. The van der Waals surface area contributed by atoms with Crippen molar-refractivity contribution in [3.63, 3.8) is 0 Å². The number of rotatable bonds is 16. The minimum atomic E-state index is -1.82. The van der Waals surface area contributed by atoms with Gasteiger partial charge < -0.3 is 36.1 Å². The number of fused-ring (bicyclic) bond motifs is 1. The minimum Gasteiger partial charge on any atom is -0.508 e. The number of benzene rings is 2. The van der Waals surface area contributed by atoms with Crippen LogP contribution in [0.2, 0.25) is 0 Å². The van der Waals surface area contributed by atoms with E-state index in [0.717, 1.165) is 0 Å². The van der Waals surface area contributed by atoms with Crippen molar-refractivity contribution in [2.24, 2.45) is 17.8 Å². The number of amides is 5. The molecule has 1 fully saturated rings. The Balaban J connectivity index is 1.54. The lowest BCUT2D eigenvalue weighted by Crippen LogP contribution is -2.68. The summed E-state index contributed by atoms with van der Waals surface area (Å²) in [6.45, 7) is 10.6. The molecule has 0 spiro atoms. The van der Waals surface area contributed by atoms with Crippen LogP contribution in [-0.2, 0) is 41.7 Å². The molecule has 3 aromatic rings. The van der Waals surface area contributed by atoms with E-state index in [1.807, 2.05) is 27.7 Å². The van der Waals surface area contributed by atoms with Crippen LogP contribution in [0.15, 0.2) is 63.8 Å². The molecule has 1 aromatic heterocycles. The quantitative estimate of drug-likeness (QED) is 0.0939. The number of para-hydroxylation sites is 1. The lowest BCUT2D eigenvalue weighted by Gasteiger charge is -2.37. The van der Waals surface area contributed by atoms with E-state index < -0.39 is 70.5 Å². The topological polar surface area (TPSA) is 213 Å². The van der Waals surface area contributed by atoms with Gasteiger partial charge in [-0.3, -0.25) is 28.8 Å². The lowest BCUT2D eigenvalue weighted by atomic mass is 9.79. The molecule has 0 saturated carbocycles. The average molecular weight is 746 g/mol. The molecule has 14 heteroatoms. The number of phenolic OH excluding ortho intramolecular Hbond substituents is 1. The second-order valence-electron chi connectivity index (χ2n) is 15.1. The van der Waals surface area contributed by atoms with Crippen LogP contribution in [0.25, 0.3) is 11.0 Å². The van der Waals surface area contributed by atoms with Crippen molar-refractivity contribution in [1.29, 1.82) is 0 Å². The molecule has 0 unspecified atom stereocenters. The van der Waals surface area contributed by atoms with E-state index >= 15 is 0 Å². The number of ketones is 1. The molecule has 2 heterocycles. The van der Waals surface area contributed by atoms with Crippen LogP contribution < -0.4 is 32.2 Å². The van der Waals surface area contributed by atoms with Crippen molar-refractivity contribution in [2.75, 3.05) is 0 Å². The first-order chi connectivity index (χ1) is 25.5. The molecule has 5 amide bonds. The zero-order chi connectivity index (χ0) is 39.7. The Labute approximate surface area is 314 Å². The highest BCUT2D eigenvalue weighted by atomic mass is 16.4. The maximum absolute atomic E-state index is 13.9. The van der Waals surface area contributed by atoms with Gasteiger partial charge in [-0.15, -0.1) is 0 Å². The maximum atomic E-state index is 13.9. The van der Waals surface area contributed by atoms with E-state index in [9.17, 15) is 38.7 Å². The zero-order valence-corrected chi connectivity index (χ0v) is 31.6. The molecule has 1 aliphatic rings. The van der Waals surface area contributed by atoms with Crippen LogP contribution >= 0.6 is 0 Å². The Hall–Kier alpha value is -5.53. The Kier molecular flexibility index (Phi) is 13.7. The number of Topliss-reactive ketones (excluding diaryl/α,β-unsaturated/α-hetero) is 1. The third kappa shape index (κ3) is 10.5. The van der Waals surface area contributed by atoms with Gasteiger partial charge in [0.15, 0.2) is 11.3 Å². The molecule has 1 saturated heterocycles. The first kappa shape index (κ1) is 41.2. The fourth-order valence-electron chi connectivity index (χ4n) is 6.51. The van der Waals surface area contributed by atoms with Crippen LogP contribution in [0.1, 0.15) is 78.4 Å². The number of carbonyl (C=O) groups is 6. The molecular formula is C40H51N5O9. The highest BCUT2D eigenvalue weighted by molar-refractivity contribution is 6.16. The van der Waals surface area contributed by atoms with Gasteiger partial charge in [0.25, 0.3) is 5.91 Å². The van der Waals surface area contributed by atoms with Crippen LogP contribution in [0.3, 0.4) is 0 Å². The third-order valence-electron chi connectivity index (χ3n) is 9.26. The molecule has 0 aliphatic carbocycles. The van der Waals surface area contributed by atoms with Gasteiger partial charge in [-0.05, 0) is 60.4 Å². The van der Waals surface area contributed by atoms with Gasteiger partial charge >= 0.3 is 5.63 Å². The molecule has 4 rings (SSSR count). The monoisotopic (exact) mass is 745 g/mol. The van der Waals surface area contributed by atoms with E-state index in [2.05, 4.69) is 26.6 Å². The molecular weight excluding hydrogens is 694 g/mol. The number of piperidine rings is 1. The second kappa shape index (κ2) is 18.0. The predicted molar refractivity (Wildman–Crippen MR) is 201 cm³/mol. The Morgan fingerprint density at radius 3 is 2.15 bits per heavy atom. The maximum Gasteiger partial charge on any atom is 0.341 e. The van der Waals surface area contributed by atoms with Gasteiger partial charge in [0, 0.05) is 24.6 Å². The van der Waals surface area contributed by atoms with E-state index in [1.165, 1.54) is 12.1 Å². The lowest BCUT2D eigenvalue weighted by molar-refractivity contribution is -0.148. The summed E-state index contributed by atoms with van der Waals surface area (Å²) in [5, 5.41) is 24.0. The molecule has 290 valence electrons. The predicted octanol–water partition coefficient (Wildman–Crippen LogP) is 2.78. The largest absolute Gasteiger partial charge is 0.508 e. The van der Waals surface area contributed by atoms with Crippen molar-refractivity contribution in [3.05, 3.63) is 76.1 Å². The third-order valence-corrected chi connectivity index (χ3v) is 9.26. The van der Waals surface area contributed by atoms with Crippen molar-refractivity contribution in [3.8, 4) is 5.75 Å². The molecule has 14 nitrogen and oxygen atoms in total. The van der Waals surface area contributed by atoms with Crippen LogP contribution in [0.4, 0.5) is 0 Å². The molecule has 2 aromatic carbocycles. The zero-order valence-electron chi connectivity index (χ0n) is 31.6. The highest BCUT2D eigenvalue weighted by Crippen LogP contribution is 2.25. The second-order valence-corrected chi connectivity index (χ2v) is 15.1. The Morgan fingerprint density at radius 1 is 0.815 bits per heavy atom. The Bertz CT molecular complexity index is 1920. The smallest absolute Gasteiger partial charge is 0.341 e. The van der Waals surface area contributed by atoms with Crippen molar-refractivity contribution in [2.45, 2.75) is 104 Å². The Morgan fingerprint density at radius 2 is 1.50 bits per heavy atom. The van der Waals surface area contributed by atoms with Crippen LogP contribution in [0, 0.1) is 17.8 Å². The summed E-state index contributed by atoms with van der Waals surface area (Å²) >= 11 is 0. The fraction of sp³-hybridized carbons (Fsp3) is 0.475. The summed E-state index contributed by atoms with van der Waals surface area (Å²) in [5.74, 6) is -4.31. The van der Waals surface area contributed by atoms with Gasteiger partial charge in [-0.2, -0.15) is 0 Å². The van der Waals surface area contributed by atoms with E-state index in [4.69, 9.17) is 4.42 Å². The summed E-state index contributed by atoms with van der Waals surface area (Å²) in [4.78, 5) is 93.6. The molecule has 0 bridgehead atoms. The first-order valence-electron chi connectivity index (χ1n) is 18.3. The van der Waals surface area contributed by atoms with Crippen LogP contribution in [0.5, 0.6) is 5.75 Å². The summed E-state index contributed by atoms with van der Waals surface area (Å²) in [6, 6.07) is 11.2. The summed E-state index contributed by atoms with van der Waals surface area (Å²) in [7, 11) is 0. The molecule has 54 heavy (non-hydrogen) atoms. The molecule has 6 N–H and O–H groups in total. The SMILES string of the molecule is CC(C)C[C@H](NC(=O)[C@]1(CC(C)C)NC(=O)CCC1=O)C(=O)N[C@H](C(=O)N[C@@H](Cc1ccc(O)cc1)C(=O)NCc1cc2ccccc2oc1=O)C(C)C. The van der Waals surface area contributed by atoms with E-state index in [-0.39, 0.29) is 61.8 Å². The highest BCUT2D eigenvalue weighted by Gasteiger charge is 2.50. The standard InChI is InChI=1S/C40H51N5O9/c1-22(2)17-29(43-39(53)40(20-23(3)4)32(47)15-16-33(48)45-40)36(50)44-34(24(5)6)37(51)42-30(18-25-11-13-28(46)14-12-25)35(49)41-21-27-19-26-9-7-8-10-31(26)54-38(27)52/h7-14,19,22-24,29-30,34,46H,15-18,20-21H2,1-6H3,(H,41,49)(H,42,51)(H,43,53)(H,44,50)(H,45,48)/t29-,30-,34-,40+/m0/s1. The first-order valence-corrected chi connectivity index (χ1v) is 18.3. The number of aromatic hydroxyl groups is 1. The van der Waals surface area contributed by atoms with Crippen molar-refractivity contribution >= 4 is 46.3 Å². The van der Waals surface area contributed by atoms with Gasteiger partial charge in [0.2, 0.25) is 23.6 Å². The summed E-state index contributed by atoms with van der Waals surface area (Å²) in [6.07, 6.45) is 0.0901. The van der Waals surface area contributed by atoms with Crippen LogP contribution in [-0.4, -0.2) is 64.1 Å². The van der Waals surface area contributed by atoms with Gasteiger partial charge in [-0.25, -0.2) is 4.79 Å². The average Bonchev–Trinajstić information content (AvgIpc) is 3.10. The van der Waals surface area contributed by atoms with E-state index in [1.54, 1.807) is 56.3 Å². The van der Waals surface area contributed by atoms with Gasteiger partial charge in [0.1, 0.15) is 29.5 Å².